The van der Waals surface area contributed by atoms with Crippen LogP contribution >= 0.6 is 0 Å². The van der Waals surface area contributed by atoms with Gasteiger partial charge >= 0.3 is 0 Å². The Bertz CT molecular complexity index is 303. The maximum absolute atomic E-state index is 12.3. The van der Waals surface area contributed by atoms with E-state index in [9.17, 15) is 4.79 Å². The Hall–Kier alpha value is -0.610. The molecule has 19 heavy (non-hydrogen) atoms. The molecule has 112 valence electrons. The Morgan fingerprint density at radius 2 is 2.05 bits per heavy atom. The lowest BCUT2D eigenvalue weighted by atomic mass is 9.88. The number of hydrogen-bond donors (Lipinski definition) is 1. The molecule has 4 heteroatoms. The molecule has 2 unspecified atom stereocenters. The fourth-order valence-corrected chi connectivity index (χ4v) is 2.60. The molecular weight excluding hydrogens is 240 g/mol. The van der Waals surface area contributed by atoms with Crippen molar-refractivity contribution < 1.29 is 9.53 Å². The highest BCUT2D eigenvalue weighted by Gasteiger charge is 2.38. The lowest BCUT2D eigenvalue weighted by Crippen LogP contribution is -2.44. The van der Waals surface area contributed by atoms with E-state index in [1.54, 1.807) is 7.11 Å². The van der Waals surface area contributed by atoms with Crippen LogP contribution in [-0.4, -0.2) is 43.3 Å². The van der Waals surface area contributed by atoms with Crippen molar-refractivity contribution in [3.63, 3.8) is 0 Å². The van der Waals surface area contributed by atoms with E-state index in [0.717, 1.165) is 26.0 Å². The second-order valence-corrected chi connectivity index (χ2v) is 6.91. The summed E-state index contributed by atoms with van der Waals surface area (Å²) in [6.07, 6.45) is 2.16. The highest BCUT2D eigenvalue weighted by molar-refractivity contribution is 5.83. The molecule has 0 aromatic heterocycles. The number of rotatable bonds is 7. The van der Waals surface area contributed by atoms with E-state index in [-0.39, 0.29) is 23.5 Å². The van der Waals surface area contributed by atoms with E-state index in [2.05, 4.69) is 33.0 Å². The molecule has 1 amide bonds. The molecule has 0 spiro atoms. The van der Waals surface area contributed by atoms with Gasteiger partial charge in [0.2, 0.25) is 5.91 Å². The fraction of sp³-hybridized carbons (Fsp3) is 0.933. The standard InChI is InChI=1S/C15H30N2O2/c1-11(2)9-13-16-12(3)14(18)17(13)10-15(4,5)7-8-19-6/h11-13,16H,7-10H2,1-6H3. The topological polar surface area (TPSA) is 41.6 Å². The summed E-state index contributed by atoms with van der Waals surface area (Å²) in [6, 6.07) is -0.0537. The summed E-state index contributed by atoms with van der Waals surface area (Å²) in [5.41, 5.74) is 0.0899. The number of carbonyl (C=O) groups is 1. The number of hydrogen-bond acceptors (Lipinski definition) is 3. The predicted molar refractivity (Wildman–Crippen MR) is 77.8 cm³/mol. The van der Waals surface area contributed by atoms with E-state index < -0.39 is 0 Å². The van der Waals surface area contributed by atoms with Gasteiger partial charge in [0.05, 0.1) is 12.2 Å². The molecule has 0 saturated carbocycles. The van der Waals surface area contributed by atoms with Crippen LogP contribution in [0.3, 0.4) is 0 Å². The van der Waals surface area contributed by atoms with Crippen LogP contribution in [0.25, 0.3) is 0 Å². The fourth-order valence-electron chi connectivity index (χ4n) is 2.60. The number of amides is 1. The van der Waals surface area contributed by atoms with Gasteiger partial charge in [-0.25, -0.2) is 0 Å². The van der Waals surface area contributed by atoms with Gasteiger partial charge in [0, 0.05) is 20.3 Å². The monoisotopic (exact) mass is 270 g/mol. The minimum absolute atomic E-state index is 0.0537. The van der Waals surface area contributed by atoms with Crippen molar-refractivity contribution in [1.82, 2.24) is 10.2 Å². The highest BCUT2D eigenvalue weighted by Crippen LogP contribution is 2.27. The number of nitrogens with zero attached hydrogens (tertiary/aromatic N) is 1. The van der Waals surface area contributed by atoms with Gasteiger partial charge in [-0.1, -0.05) is 27.7 Å². The molecule has 1 saturated heterocycles. The molecule has 1 heterocycles. The molecule has 1 fully saturated rings. The highest BCUT2D eigenvalue weighted by atomic mass is 16.5. The molecule has 0 aliphatic carbocycles. The van der Waals surface area contributed by atoms with Gasteiger partial charge in [0.1, 0.15) is 0 Å². The van der Waals surface area contributed by atoms with Crippen LogP contribution < -0.4 is 5.32 Å². The van der Waals surface area contributed by atoms with Crippen molar-refractivity contribution in [2.45, 2.75) is 59.7 Å². The average molecular weight is 270 g/mol. The lowest BCUT2D eigenvalue weighted by molar-refractivity contribution is -0.131. The van der Waals surface area contributed by atoms with Crippen LogP contribution in [0.4, 0.5) is 0 Å². The Morgan fingerprint density at radius 3 is 2.58 bits per heavy atom. The van der Waals surface area contributed by atoms with Gasteiger partial charge in [0.15, 0.2) is 0 Å². The predicted octanol–water partition coefficient (Wildman–Crippen LogP) is 2.24. The summed E-state index contributed by atoms with van der Waals surface area (Å²) in [5.74, 6) is 0.816. The van der Waals surface area contributed by atoms with Crippen LogP contribution in [0.15, 0.2) is 0 Å². The first kappa shape index (κ1) is 16.4. The van der Waals surface area contributed by atoms with Gasteiger partial charge < -0.3 is 9.64 Å². The number of ether oxygens (including phenoxy) is 1. The van der Waals surface area contributed by atoms with E-state index in [4.69, 9.17) is 4.74 Å². The summed E-state index contributed by atoms with van der Waals surface area (Å²) in [5, 5.41) is 3.41. The third-order valence-electron chi connectivity index (χ3n) is 3.75. The molecule has 1 aliphatic heterocycles. The molecule has 0 aromatic carbocycles. The summed E-state index contributed by atoms with van der Waals surface area (Å²) in [4.78, 5) is 14.3. The summed E-state index contributed by atoms with van der Waals surface area (Å²) in [6.45, 7) is 12.3. The quantitative estimate of drug-likeness (QED) is 0.771. The van der Waals surface area contributed by atoms with Crippen molar-refractivity contribution in [1.29, 1.82) is 0 Å². The Morgan fingerprint density at radius 1 is 1.42 bits per heavy atom. The van der Waals surface area contributed by atoms with Crippen molar-refractivity contribution in [2.24, 2.45) is 11.3 Å². The molecule has 4 nitrogen and oxygen atoms in total. The third kappa shape index (κ3) is 4.77. The van der Waals surface area contributed by atoms with Crippen molar-refractivity contribution in [2.75, 3.05) is 20.3 Å². The molecule has 1 aliphatic rings. The number of nitrogens with one attached hydrogen (secondary N) is 1. The summed E-state index contributed by atoms with van der Waals surface area (Å²) >= 11 is 0. The molecular formula is C15H30N2O2. The first-order chi connectivity index (χ1) is 8.76. The van der Waals surface area contributed by atoms with Gasteiger partial charge in [-0.15, -0.1) is 0 Å². The van der Waals surface area contributed by atoms with Crippen LogP contribution in [0.1, 0.15) is 47.5 Å². The molecule has 0 aromatic rings. The van der Waals surface area contributed by atoms with Crippen molar-refractivity contribution in [3.05, 3.63) is 0 Å². The van der Waals surface area contributed by atoms with Crippen molar-refractivity contribution in [3.8, 4) is 0 Å². The van der Waals surface area contributed by atoms with Gasteiger partial charge in [-0.05, 0) is 31.1 Å². The first-order valence-electron chi connectivity index (χ1n) is 7.32. The minimum atomic E-state index is -0.0537. The van der Waals surface area contributed by atoms with E-state index in [1.165, 1.54) is 0 Å². The van der Waals surface area contributed by atoms with Crippen molar-refractivity contribution >= 4 is 5.91 Å². The van der Waals surface area contributed by atoms with Crippen LogP contribution in [0.5, 0.6) is 0 Å². The molecule has 1 rings (SSSR count). The van der Waals surface area contributed by atoms with Crippen LogP contribution in [-0.2, 0) is 9.53 Å². The van der Waals surface area contributed by atoms with E-state index >= 15 is 0 Å². The third-order valence-corrected chi connectivity index (χ3v) is 3.75. The van der Waals surface area contributed by atoms with Gasteiger partial charge in [-0.3, -0.25) is 10.1 Å². The van der Waals surface area contributed by atoms with E-state index in [0.29, 0.717) is 5.92 Å². The Kier molecular flexibility index (Phi) is 5.81. The lowest BCUT2D eigenvalue weighted by Gasteiger charge is -2.34. The second kappa shape index (κ2) is 6.71. The zero-order valence-electron chi connectivity index (χ0n) is 13.3. The SMILES string of the molecule is COCCC(C)(C)CN1C(=O)C(C)NC1CC(C)C. The molecule has 0 radical (unpaired) electrons. The number of carbonyl (C=O) groups excluding carboxylic acids is 1. The van der Waals surface area contributed by atoms with Crippen LogP contribution in [0.2, 0.25) is 0 Å². The zero-order valence-corrected chi connectivity index (χ0v) is 13.3. The average Bonchev–Trinajstić information content (AvgIpc) is 2.53. The number of methoxy groups -OCH3 is 1. The maximum Gasteiger partial charge on any atom is 0.240 e. The molecule has 0 bridgehead atoms. The minimum Gasteiger partial charge on any atom is -0.385 e. The van der Waals surface area contributed by atoms with Gasteiger partial charge in [-0.2, -0.15) is 0 Å². The largest absolute Gasteiger partial charge is 0.385 e. The first-order valence-corrected chi connectivity index (χ1v) is 7.32. The maximum atomic E-state index is 12.3. The Labute approximate surface area is 117 Å². The second-order valence-electron chi connectivity index (χ2n) is 6.91. The van der Waals surface area contributed by atoms with Crippen LogP contribution in [0, 0.1) is 11.3 Å². The molecule has 1 N–H and O–H groups in total. The Balaban J connectivity index is 2.68. The summed E-state index contributed by atoms with van der Waals surface area (Å²) in [7, 11) is 1.72. The smallest absolute Gasteiger partial charge is 0.240 e. The van der Waals surface area contributed by atoms with E-state index in [1.807, 2.05) is 11.8 Å². The summed E-state index contributed by atoms with van der Waals surface area (Å²) < 4.78 is 5.16. The molecule has 2 atom stereocenters. The van der Waals surface area contributed by atoms with Gasteiger partial charge in [0.25, 0.3) is 0 Å². The zero-order chi connectivity index (χ0) is 14.6. The normalized spacial score (nSPS) is 24.6.